The van der Waals surface area contributed by atoms with Crippen LogP contribution in [0.1, 0.15) is 22.2 Å². The van der Waals surface area contributed by atoms with Crippen LogP contribution in [0, 0.1) is 6.92 Å². The van der Waals surface area contributed by atoms with E-state index in [9.17, 15) is 0 Å². The van der Waals surface area contributed by atoms with Crippen LogP contribution in [-0.4, -0.2) is 20.2 Å². The van der Waals surface area contributed by atoms with Gasteiger partial charge in [0, 0.05) is 22.1 Å². The van der Waals surface area contributed by atoms with Crippen LogP contribution in [0.2, 0.25) is 5.15 Å². The predicted molar refractivity (Wildman–Crippen MR) is 100 cm³/mol. The monoisotopic (exact) mass is 388 g/mol. The number of hydrogen-bond acceptors (Lipinski definition) is 7. The minimum atomic E-state index is 0.504. The predicted octanol–water partition coefficient (Wildman–Crippen LogP) is 4.92. The first-order valence-electron chi connectivity index (χ1n) is 7.58. The van der Waals surface area contributed by atoms with E-state index in [4.69, 9.17) is 16.0 Å². The average Bonchev–Trinajstić information content (AvgIpc) is 3.22. The molecule has 0 N–H and O–H groups in total. The highest BCUT2D eigenvalue weighted by Crippen LogP contribution is 2.28. The highest BCUT2D eigenvalue weighted by Gasteiger charge is 2.11. The summed E-state index contributed by atoms with van der Waals surface area (Å²) in [5.74, 6) is 1.18. The van der Waals surface area contributed by atoms with Crippen LogP contribution in [0.3, 0.4) is 0 Å². The smallest absolute Gasteiger partial charge is 0.276 e. The van der Waals surface area contributed by atoms with Gasteiger partial charge in [0.1, 0.15) is 5.15 Å². The molecule has 0 amide bonds. The summed E-state index contributed by atoms with van der Waals surface area (Å²) in [4.78, 5) is 8.84. The van der Waals surface area contributed by atoms with Crippen LogP contribution in [-0.2, 0) is 12.2 Å². The van der Waals surface area contributed by atoms with Gasteiger partial charge in [0.25, 0.3) is 5.22 Å². The first-order chi connectivity index (χ1) is 12.2. The molecule has 25 heavy (non-hydrogen) atoms. The van der Waals surface area contributed by atoms with E-state index in [2.05, 4.69) is 20.2 Å². The first-order valence-corrected chi connectivity index (χ1v) is 9.82. The van der Waals surface area contributed by atoms with Gasteiger partial charge in [0.2, 0.25) is 5.89 Å². The molecule has 3 heterocycles. The number of hydrogen-bond donors (Lipinski definition) is 0. The van der Waals surface area contributed by atoms with Gasteiger partial charge in [0.05, 0.1) is 22.6 Å². The fraction of sp³-hybridized carbons (Fsp3) is 0.176. The van der Waals surface area contributed by atoms with Gasteiger partial charge in [-0.2, -0.15) is 0 Å². The third-order valence-corrected chi connectivity index (χ3v) is 5.57. The third-order valence-electron chi connectivity index (χ3n) is 3.55. The Bertz CT molecular complexity index is 1030. The second-order valence-electron chi connectivity index (χ2n) is 5.42. The lowest BCUT2D eigenvalue weighted by atomic mass is 10.2. The lowest BCUT2D eigenvalue weighted by molar-refractivity contribution is 0.419. The minimum absolute atomic E-state index is 0.504. The van der Waals surface area contributed by atoms with E-state index < -0.39 is 0 Å². The fourth-order valence-corrected chi connectivity index (χ4v) is 4.05. The maximum atomic E-state index is 6.29. The summed E-state index contributed by atoms with van der Waals surface area (Å²) in [7, 11) is 0. The molecule has 126 valence electrons. The summed E-state index contributed by atoms with van der Waals surface area (Å²) in [5, 5.41) is 13.3. The van der Waals surface area contributed by atoms with Crippen molar-refractivity contribution >= 4 is 45.6 Å². The number of para-hydroxylation sites is 1. The molecule has 0 saturated heterocycles. The molecule has 0 saturated carbocycles. The summed E-state index contributed by atoms with van der Waals surface area (Å²) in [6, 6.07) is 9.95. The largest absolute Gasteiger partial charge is 0.416 e. The van der Waals surface area contributed by atoms with E-state index in [1.54, 1.807) is 11.3 Å². The van der Waals surface area contributed by atoms with Crippen molar-refractivity contribution in [3.63, 3.8) is 0 Å². The maximum absolute atomic E-state index is 6.29. The highest BCUT2D eigenvalue weighted by atomic mass is 35.5. The van der Waals surface area contributed by atoms with Gasteiger partial charge in [-0.15, -0.1) is 21.5 Å². The first kappa shape index (κ1) is 16.5. The van der Waals surface area contributed by atoms with Crippen molar-refractivity contribution in [1.29, 1.82) is 0 Å². The van der Waals surface area contributed by atoms with Gasteiger partial charge in [-0.1, -0.05) is 41.6 Å². The molecule has 4 aromatic rings. The van der Waals surface area contributed by atoms with Crippen LogP contribution in [0.25, 0.3) is 10.9 Å². The van der Waals surface area contributed by atoms with Gasteiger partial charge in [0.15, 0.2) is 0 Å². The molecule has 0 aliphatic carbocycles. The second kappa shape index (κ2) is 7.11. The number of aromatic nitrogens is 4. The molecule has 3 aromatic heterocycles. The molecule has 0 aliphatic rings. The van der Waals surface area contributed by atoms with Crippen molar-refractivity contribution in [2.75, 3.05) is 0 Å². The Hall–Kier alpha value is -1.96. The van der Waals surface area contributed by atoms with Gasteiger partial charge >= 0.3 is 0 Å². The molecule has 0 aliphatic heterocycles. The number of thioether (sulfide) groups is 1. The lowest BCUT2D eigenvalue weighted by Gasteiger charge is -2.04. The number of benzene rings is 1. The molecule has 8 heteroatoms. The topological polar surface area (TPSA) is 64.7 Å². The number of aryl methyl sites for hydroxylation is 1. The number of halogens is 1. The normalized spacial score (nSPS) is 11.3. The molecular formula is C17H13ClN4OS2. The van der Waals surface area contributed by atoms with E-state index in [0.29, 0.717) is 28.4 Å². The summed E-state index contributed by atoms with van der Waals surface area (Å²) >= 11 is 9.35. The molecule has 1 aromatic carbocycles. The standard InChI is InChI=1S/C17H13ClN4OS2/c1-10-19-13(9-24-10)7-15-21-22-17(23-15)25-8-12-6-11-4-2-3-5-14(11)20-16(12)18/h2-6,9H,7-8H2,1H3. The van der Waals surface area contributed by atoms with Crippen molar-refractivity contribution in [3.8, 4) is 0 Å². The van der Waals surface area contributed by atoms with Crippen molar-refractivity contribution in [3.05, 3.63) is 63.0 Å². The zero-order valence-electron chi connectivity index (χ0n) is 13.3. The Morgan fingerprint density at radius 3 is 2.92 bits per heavy atom. The fourth-order valence-electron chi connectivity index (χ4n) is 2.39. The van der Waals surface area contributed by atoms with Crippen molar-refractivity contribution in [1.82, 2.24) is 20.2 Å². The highest BCUT2D eigenvalue weighted by molar-refractivity contribution is 7.98. The van der Waals surface area contributed by atoms with Gasteiger partial charge in [-0.3, -0.25) is 0 Å². The Morgan fingerprint density at radius 1 is 1.20 bits per heavy atom. The number of fused-ring (bicyclic) bond motifs is 1. The maximum Gasteiger partial charge on any atom is 0.276 e. The SMILES string of the molecule is Cc1nc(Cc2nnc(SCc3cc4ccccc4nc3Cl)o2)cs1. The molecule has 5 nitrogen and oxygen atoms in total. The molecule has 0 bridgehead atoms. The van der Waals surface area contributed by atoms with Gasteiger partial charge < -0.3 is 4.42 Å². The van der Waals surface area contributed by atoms with Crippen LogP contribution in [0.4, 0.5) is 0 Å². The van der Waals surface area contributed by atoms with Crippen molar-refractivity contribution in [2.45, 2.75) is 24.3 Å². The van der Waals surface area contributed by atoms with Crippen LogP contribution in [0.5, 0.6) is 0 Å². The molecular weight excluding hydrogens is 376 g/mol. The molecule has 0 radical (unpaired) electrons. The second-order valence-corrected chi connectivity index (χ2v) is 7.76. The average molecular weight is 389 g/mol. The Balaban J connectivity index is 1.45. The lowest BCUT2D eigenvalue weighted by Crippen LogP contribution is -1.88. The summed E-state index contributed by atoms with van der Waals surface area (Å²) in [5.41, 5.74) is 2.78. The summed E-state index contributed by atoms with van der Waals surface area (Å²) in [6.45, 7) is 1.98. The van der Waals surface area contributed by atoms with E-state index in [-0.39, 0.29) is 0 Å². The Labute approximate surface area is 157 Å². The summed E-state index contributed by atoms with van der Waals surface area (Å²) < 4.78 is 5.69. The molecule has 0 fully saturated rings. The quantitative estimate of drug-likeness (QED) is 0.357. The van der Waals surface area contributed by atoms with Crippen LogP contribution < -0.4 is 0 Å². The zero-order valence-corrected chi connectivity index (χ0v) is 15.7. The molecule has 4 rings (SSSR count). The molecule has 0 atom stereocenters. The van der Waals surface area contributed by atoms with E-state index in [1.807, 2.05) is 42.6 Å². The number of rotatable bonds is 5. The number of nitrogens with zero attached hydrogens (tertiary/aromatic N) is 4. The van der Waals surface area contributed by atoms with E-state index in [1.165, 1.54) is 11.8 Å². The van der Waals surface area contributed by atoms with Crippen LogP contribution in [0.15, 0.2) is 45.4 Å². The van der Waals surface area contributed by atoms with Crippen molar-refractivity contribution in [2.24, 2.45) is 0 Å². The Morgan fingerprint density at radius 2 is 2.08 bits per heavy atom. The minimum Gasteiger partial charge on any atom is -0.416 e. The Kier molecular flexibility index (Phi) is 4.70. The van der Waals surface area contributed by atoms with Crippen molar-refractivity contribution < 1.29 is 4.42 Å². The van der Waals surface area contributed by atoms with Gasteiger partial charge in [-0.05, 0) is 19.1 Å². The molecule has 0 spiro atoms. The number of pyridine rings is 1. The summed E-state index contributed by atoms with van der Waals surface area (Å²) in [6.07, 6.45) is 0.552. The van der Waals surface area contributed by atoms with Gasteiger partial charge in [-0.25, -0.2) is 9.97 Å². The molecule has 0 unspecified atom stereocenters. The van der Waals surface area contributed by atoms with Crippen LogP contribution >= 0.6 is 34.7 Å². The third kappa shape index (κ3) is 3.84. The van der Waals surface area contributed by atoms with E-state index >= 15 is 0 Å². The number of thiazole rings is 1. The zero-order chi connectivity index (χ0) is 17.2. The van der Waals surface area contributed by atoms with E-state index in [0.717, 1.165) is 27.2 Å².